The predicted octanol–water partition coefficient (Wildman–Crippen LogP) is 5.00. The second kappa shape index (κ2) is 6.82. The maximum absolute atomic E-state index is 11.2. The second-order valence-electron chi connectivity index (χ2n) is 10.9. The summed E-state index contributed by atoms with van der Waals surface area (Å²) in [6, 6.07) is 0. The standard InChI is InChI=1S/C25H38O3/c1-16(2)7-6-8-17(3)19-11-12-23(4)13-21-22-18(9-10-20(19)23)14-28-25(22,27)15-24(21,5)26/h6-9,17,19-22,26-27H,10-15H2,1-5H3/b8-6-,18-9-/t17-,19+,20-,21-,22-,23+,24+,25+/m0/s1. The Morgan fingerprint density at radius 2 is 2.00 bits per heavy atom. The fourth-order valence-corrected chi connectivity index (χ4v) is 7.03. The van der Waals surface area contributed by atoms with Crippen molar-refractivity contribution in [2.24, 2.45) is 35.0 Å². The lowest BCUT2D eigenvalue weighted by atomic mass is 9.63. The van der Waals surface area contributed by atoms with Gasteiger partial charge >= 0.3 is 0 Å². The van der Waals surface area contributed by atoms with Gasteiger partial charge in [0.15, 0.2) is 5.79 Å². The monoisotopic (exact) mass is 386 g/mol. The molecule has 3 nitrogen and oxygen atoms in total. The van der Waals surface area contributed by atoms with E-state index in [-0.39, 0.29) is 17.3 Å². The molecule has 4 rings (SSSR count). The van der Waals surface area contributed by atoms with Crippen LogP contribution in [-0.4, -0.2) is 28.2 Å². The van der Waals surface area contributed by atoms with E-state index in [4.69, 9.17) is 4.74 Å². The lowest BCUT2D eigenvalue weighted by Crippen LogP contribution is -2.40. The number of rotatable bonds is 3. The molecule has 0 spiro atoms. The van der Waals surface area contributed by atoms with Crippen LogP contribution in [0.25, 0.3) is 0 Å². The summed E-state index contributed by atoms with van der Waals surface area (Å²) in [4.78, 5) is 0. The van der Waals surface area contributed by atoms with Crippen LogP contribution in [0.1, 0.15) is 66.7 Å². The molecule has 0 amide bonds. The zero-order chi connectivity index (χ0) is 20.3. The summed E-state index contributed by atoms with van der Waals surface area (Å²) in [6.45, 7) is 11.5. The lowest BCUT2D eigenvalue weighted by Gasteiger charge is -2.43. The number of hydrogen-bond donors (Lipinski definition) is 2. The molecular weight excluding hydrogens is 348 g/mol. The van der Waals surface area contributed by atoms with Crippen molar-refractivity contribution in [3.8, 4) is 0 Å². The van der Waals surface area contributed by atoms with E-state index >= 15 is 0 Å². The van der Waals surface area contributed by atoms with Crippen molar-refractivity contribution >= 4 is 0 Å². The molecule has 0 unspecified atom stereocenters. The van der Waals surface area contributed by atoms with Crippen molar-refractivity contribution in [2.45, 2.75) is 78.1 Å². The molecule has 0 bridgehead atoms. The fraction of sp³-hybridized carbons (Fsp3) is 0.760. The molecule has 3 fully saturated rings. The van der Waals surface area contributed by atoms with Gasteiger partial charge in [-0.15, -0.1) is 0 Å². The lowest BCUT2D eigenvalue weighted by molar-refractivity contribution is -0.191. The Kier molecular flexibility index (Phi) is 4.96. The minimum Gasteiger partial charge on any atom is -0.390 e. The third kappa shape index (κ3) is 3.24. The summed E-state index contributed by atoms with van der Waals surface area (Å²) >= 11 is 0. The number of allylic oxidation sites excluding steroid dienone is 5. The zero-order valence-corrected chi connectivity index (χ0v) is 18.2. The van der Waals surface area contributed by atoms with Crippen LogP contribution in [0, 0.1) is 35.0 Å². The highest BCUT2D eigenvalue weighted by molar-refractivity contribution is 5.26. The van der Waals surface area contributed by atoms with E-state index in [2.05, 4.69) is 52.0 Å². The van der Waals surface area contributed by atoms with E-state index in [1.54, 1.807) is 0 Å². The van der Waals surface area contributed by atoms with Gasteiger partial charge in [0, 0.05) is 12.3 Å². The fourth-order valence-electron chi connectivity index (χ4n) is 7.03. The molecule has 2 N–H and O–H groups in total. The molecule has 3 heteroatoms. The smallest absolute Gasteiger partial charge is 0.175 e. The van der Waals surface area contributed by atoms with Crippen molar-refractivity contribution in [1.82, 2.24) is 0 Å². The number of ether oxygens (including phenoxy) is 1. The van der Waals surface area contributed by atoms with E-state index < -0.39 is 11.4 Å². The predicted molar refractivity (Wildman–Crippen MR) is 112 cm³/mol. The van der Waals surface area contributed by atoms with Crippen molar-refractivity contribution in [2.75, 3.05) is 6.61 Å². The van der Waals surface area contributed by atoms with Crippen LogP contribution in [0.4, 0.5) is 0 Å². The summed E-state index contributed by atoms with van der Waals surface area (Å²) < 4.78 is 5.84. The molecule has 4 aliphatic rings. The summed E-state index contributed by atoms with van der Waals surface area (Å²) in [6.07, 6.45) is 14.0. The quantitative estimate of drug-likeness (QED) is 0.530. The minimum absolute atomic E-state index is 0.0330. The van der Waals surface area contributed by atoms with Gasteiger partial charge in [-0.3, -0.25) is 0 Å². The number of fused-ring (bicyclic) bond motifs is 1. The van der Waals surface area contributed by atoms with Gasteiger partial charge in [-0.05, 0) is 81.1 Å². The van der Waals surface area contributed by atoms with Gasteiger partial charge < -0.3 is 14.9 Å². The average molecular weight is 387 g/mol. The largest absolute Gasteiger partial charge is 0.390 e. The average Bonchev–Trinajstić information content (AvgIpc) is 3.11. The Balaban J connectivity index is 1.63. The highest BCUT2D eigenvalue weighted by Crippen LogP contribution is 2.63. The van der Waals surface area contributed by atoms with Crippen LogP contribution in [0.15, 0.2) is 35.5 Å². The first kappa shape index (κ1) is 20.4. The summed E-state index contributed by atoms with van der Waals surface area (Å²) in [5.41, 5.74) is 1.91. The zero-order valence-electron chi connectivity index (χ0n) is 18.2. The van der Waals surface area contributed by atoms with Gasteiger partial charge in [-0.2, -0.15) is 0 Å². The summed E-state index contributed by atoms with van der Waals surface area (Å²) in [7, 11) is 0. The number of hydrogen-bond acceptors (Lipinski definition) is 3. The molecule has 0 aromatic heterocycles. The van der Waals surface area contributed by atoms with E-state index in [0.717, 1.165) is 12.8 Å². The van der Waals surface area contributed by atoms with Crippen molar-refractivity contribution < 1.29 is 14.9 Å². The van der Waals surface area contributed by atoms with Gasteiger partial charge in [0.2, 0.25) is 0 Å². The number of aliphatic hydroxyl groups is 2. The van der Waals surface area contributed by atoms with E-state index in [9.17, 15) is 10.2 Å². The first-order valence-corrected chi connectivity index (χ1v) is 11.2. The third-order valence-corrected chi connectivity index (χ3v) is 8.49. The van der Waals surface area contributed by atoms with Crippen molar-refractivity contribution in [3.05, 3.63) is 35.5 Å². The van der Waals surface area contributed by atoms with Crippen LogP contribution >= 0.6 is 0 Å². The van der Waals surface area contributed by atoms with Crippen LogP contribution in [0.2, 0.25) is 0 Å². The first-order valence-electron chi connectivity index (χ1n) is 11.2. The van der Waals surface area contributed by atoms with Crippen molar-refractivity contribution in [1.29, 1.82) is 0 Å². The Morgan fingerprint density at radius 1 is 1.25 bits per heavy atom. The highest BCUT2D eigenvalue weighted by Gasteiger charge is 2.65. The molecule has 0 radical (unpaired) electrons. The Labute approximate surface area is 170 Å². The van der Waals surface area contributed by atoms with Gasteiger partial charge in [0.05, 0.1) is 12.2 Å². The SMILES string of the molecule is CC(C)=C/C=C\[C@H](C)[C@H]1CC[C@]2(C)C[C@H]3[C@@H]4/C(=C\C[C@@H]12)CO[C@]4(O)C[C@@]3(C)O. The molecule has 0 aromatic carbocycles. The van der Waals surface area contributed by atoms with Crippen LogP contribution < -0.4 is 0 Å². The molecule has 3 aliphatic carbocycles. The van der Waals surface area contributed by atoms with Crippen LogP contribution in [-0.2, 0) is 4.74 Å². The Hall–Kier alpha value is -0.900. The molecule has 0 aromatic rings. The normalized spacial score (nSPS) is 50.5. The molecule has 8 atom stereocenters. The molecule has 1 aliphatic heterocycles. The van der Waals surface area contributed by atoms with Crippen LogP contribution in [0.3, 0.4) is 0 Å². The molecular formula is C25H38O3. The van der Waals surface area contributed by atoms with Crippen molar-refractivity contribution in [3.63, 3.8) is 0 Å². The topological polar surface area (TPSA) is 49.7 Å². The van der Waals surface area contributed by atoms with Crippen LogP contribution in [0.5, 0.6) is 0 Å². The molecule has 1 heterocycles. The second-order valence-corrected chi connectivity index (χ2v) is 10.9. The summed E-state index contributed by atoms with van der Waals surface area (Å²) in [5, 5.41) is 22.2. The maximum Gasteiger partial charge on any atom is 0.175 e. The van der Waals surface area contributed by atoms with E-state index in [1.165, 1.54) is 24.0 Å². The highest BCUT2D eigenvalue weighted by atomic mass is 16.6. The summed E-state index contributed by atoms with van der Waals surface area (Å²) in [5.74, 6) is 0.729. The van der Waals surface area contributed by atoms with E-state index in [0.29, 0.717) is 30.8 Å². The van der Waals surface area contributed by atoms with Gasteiger partial charge in [0.1, 0.15) is 0 Å². The first-order chi connectivity index (χ1) is 13.1. The van der Waals surface area contributed by atoms with Gasteiger partial charge in [0.25, 0.3) is 0 Å². The maximum atomic E-state index is 11.2. The van der Waals surface area contributed by atoms with Gasteiger partial charge in [-0.1, -0.05) is 43.7 Å². The van der Waals surface area contributed by atoms with E-state index in [1.807, 2.05) is 6.92 Å². The molecule has 28 heavy (non-hydrogen) atoms. The third-order valence-electron chi connectivity index (χ3n) is 8.49. The van der Waals surface area contributed by atoms with Gasteiger partial charge in [-0.25, -0.2) is 0 Å². The minimum atomic E-state index is -1.17. The molecule has 156 valence electrons. The molecule has 1 saturated heterocycles. The molecule has 2 saturated carbocycles. The Morgan fingerprint density at radius 3 is 2.71 bits per heavy atom. The Bertz CT molecular complexity index is 713.